The zero-order chi connectivity index (χ0) is 6.69. The first-order valence-corrected chi connectivity index (χ1v) is 3.23. The van der Waals surface area contributed by atoms with E-state index in [1.54, 1.807) is 0 Å². The monoisotopic (exact) mass is 165 g/mol. The summed E-state index contributed by atoms with van der Waals surface area (Å²) < 4.78 is 0. The van der Waals surface area contributed by atoms with Crippen molar-refractivity contribution in [1.82, 2.24) is 4.90 Å². The van der Waals surface area contributed by atoms with Gasteiger partial charge in [-0.1, -0.05) is 0 Å². The van der Waals surface area contributed by atoms with Crippen LogP contribution in [-0.2, 0) is 4.79 Å². The highest BCUT2D eigenvalue weighted by Crippen LogP contribution is 2.04. The molecule has 1 heterocycles. The Balaban J connectivity index is 0.000000810. The number of nitrogens with zero attached hydrogens (tertiary/aromatic N) is 1. The van der Waals surface area contributed by atoms with Gasteiger partial charge in [-0.15, -0.1) is 12.4 Å². The minimum Gasteiger partial charge on any atom is -0.481 e. The van der Waals surface area contributed by atoms with Crippen molar-refractivity contribution in [2.24, 2.45) is 0 Å². The molecule has 4 heteroatoms. The molecule has 1 rings (SSSR count). The Kier molecular flexibility index (Phi) is 4.40. The molecular weight excluding hydrogens is 154 g/mol. The van der Waals surface area contributed by atoms with Crippen LogP contribution in [0.25, 0.3) is 0 Å². The Morgan fingerprint density at radius 1 is 1.50 bits per heavy atom. The third-order valence-electron chi connectivity index (χ3n) is 1.59. The normalized spacial score (nSPS) is 17.2. The van der Waals surface area contributed by atoms with Crippen LogP contribution in [0.4, 0.5) is 0 Å². The standard InChI is InChI=1S/C6H11NO2.ClH/c8-6(9)2-5-7-3-1-4-7;/h1-5H2,(H,8,9);1H. The molecule has 0 aromatic carbocycles. The summed E-state index contributed by atoms with van der Waals surface area (Å²) in [5, 5.41) is 8.26. The molecule has 1 aliphatic heterocycles. The minimum absolute atomic E-state index is 0. The number of aliphatic carboxylic acids is 1. The first-order valence-electron chi connectivity index (χ1n) is 3.23. The van der Waals surface area contributed by atoms with Crippen molar-refractivity contribution in [3.63, 3.8) is 0 Å². The Labute approximate surface area is 66.4 Å². The molecule has 0 aliphatic carbocycles. The summed E-state index contributed by atoms with van der Waals surface area (Å²) >= 11 is 0. The summed E-state index contributed by atoms with van der Waals surface area (Å²) in [7, 11) is 0. The maximum Gasteiger partial charge on any atom is 0.304 e. The lowest BCUT2D eigenvalue weighted by Crippen LogP contribution is -2.38. The fourth-order valence-electron chi connectivity index (χ4n) is 0.859. The van der Waals surface area contributed by atoms with Crippen molar-refractivity contribution >= 4 is 18.4 Å². The number of carboxylic acids is 1. The molecule has 0 bridgehead atoms. The highest BCUT2D eigenvalue weighted by Gasteiger charge is 2.13. The number of halogens is 1. The number of hydrogen-bond acceptors (Lipinski definition) is 2. The molecule has 10 heavy (non-hydrogen) atoms. The van der Waals surface area contributed by atoms with Crippen molar-refractivity contribution in [2.45, 2.75) is 12.8 Å². The van der Waals surface area contributed by atoms with Gasteiger partial charge in [-0.25, -0.2) is 0 Å². The number of carbonyl (C=O) groups is 1. The van der Waals surface area contributed by atoms with Crippen LogP contribution in [0.15, 0.2) is 0 Å². The van der Waals surface area contributed by atoms with Crippen molar-refractivity contribution in [3.8, 4) is 0 Å². The summed E-state index contributed by atoms with van der Waals surface area (Å²) in [5.74, 6) is -0.693. The van der Waals surface area contributed by atoms with E-state index in [0.717, 1.165) is 19.6 Å². The van der Waals surface area contributed by atoms with E-state index in [0.29, 0.717) is 6.42 Å². The van der Waals surface area contributed by atoms with Crippen LogP contribution in [0, 0.1) is 0 Å². The Morgan fingerprint density at radius 3 is 2.40 bits per heavy atom. The zero-order valence-electron chi connectivity index (χ0n) is 5.75. The quantitative estimate of drug-likeness (QED) is 0.666. The van der Waals surface area contributed by atoms with Crippen LogP contribution in [0.2, 0.25) is 0 Å². The summed E-state index contributed by atoms with van der Waals surface area (Å²) in [4.78, 5) is 12.2. The number of hydrogen-bond donors (Lipinski definition) is 1. The van der Waals surface area contributed by atoms with Gasteiger partial charge < -0.3 is 10.0 Å². The smallest absolute Gasteiger partial charge is 0.304 e. The second-order valence-corrected chi connectivity index (χ2v) is 2.34. The van der Waals surface area contributed by atoms with Crippen molar-refractivity contribution < 1.29 is 9.90 Å². The first kappa shape index (κ1) is 9.72. The topological polar surface area (TPSA) is 40.5 Å². The molecule has 1 saturated heterocycles. The van der Waals surface area contributed by atoms with E-state index in [2.05, 4.69) is 4.90 Å². The Hall–Kier alpha value is -0.280. The second-order valence-electron chi connectivity index (χ2n) is 2.34. The summed E-state index contributed by atoms with van der Waals surface area (Å²) in [6.45, 7) is 2.91. The fraction of sp³-hybridized carbons (Fsp3) is 0.833. The molecule has 0 atom stereocenters. The van der Waals surface area contributed by atoms with Gasteiger partial charge in [0.05, 0.1) is 6.42 Å². The van der Waals surface area contributed by atoms with Gasteiger partial charge in [0.25, 0.3) is 0 Å². The Morgan fingerprint density at radius 2 is 2.10 bits per heavy atom. The summed E-state index contributed by atoms with van der Waals surface area (Å²) in [6, 6.07) is 0. The van der Waals surface area contributed by atoms with E-state index in [1.807, 2.05) is 0 Å². The Bertz CT molecular complexity index is 114. The highest BCUT2D eigenvalue weighted by molar-refractivity contribution is 5.85. The largest absolute Gasteiger partial charge is 0.481 e. The first-order chi connectivity index (χ1) is 4.29. The molecule has 0 radical (unpaired) electrons. The summed E-state index contributed by atoms with van der Waals surface area (Å²) in [6.07, 6.45) is 1.53. The van der Waals surface area contributed by atoms with Crippen LogP contribution < -0.4 is 0 Å². The lowest BCUT2D eigenvalue weighted by Gasteiger charge is -2.29. The molecular formula is C6H12ClNO2. The van der Waals surface area contributed by atoms with Gasteiger partial charge in [-0.05, 0) is 19.5 Å². The van der Waals surface area contributed by atoms with Crippen molar-refractivity contribution in [1.29, 1.82) is 0 Å². The van der Waals surface area contributed by atoms with E-state index in [1.165, 1.54) is 6.42 Å². The average molecular weight is 166 g/mol. The van der Waals surface area contributed by atoms with Gasteiger partial charge in [-0.3, -0.25) is 4.79 Å². The predicted octanol–water partition coefficient (Wildman–Crippen LogP) is 0.589. The molecule has 0 amide bonds. The zero-order valence-corrected chi connectivity index (χ0v) is 6.56. The molecule has 3 nitrogen and oxygen atoms in total. The van der Waals surface area contributed by atoms with Gasteiger partial charge in [0.15, 0.2) is 0 Å². The summed E-state index contributed by atoms with van der Waals surface area (Å²) in [5.41, 5.74) is 0. The third-order valence-corrected chi connectivity index (χ3v) is 1.59. The van der Waals surface area contributed by atoms with Gasteiger partial charge in [0, 0.05) is 6.54 Å². The maximum absolute atomic E-state index is 10.0. The molecule has 0 aromatic rings. The van der Waals surface area contributed by atoms with E-state index >= 15 is 0 Å². The van der Waals surface area contributed by atoms with Gasteiger partial charge in [0.2, 0.25) is 0 Å². The van der Waals surface area contributed by atoms with Crippen LogP contribution in [0.3, 0.4) is 0 Å². The van der Waals surface area contributed by atoms with E-state index in [4.69, 9.17) is 5.11 Å². The molecule has 0 aromatic heterocycles. The number of rotatable bonds is 3. The lowest BCUT2D eigenvalue weighted by molar-refractivity contribution is -0.137. The molecule has 0 unspecified atom stereocenters. The number of likely N-dealkylation sites (tertiary alicyclic amines) is 1. The SMILES string of the molecule is Cl.O=C(O)CCN1CCC1. The van der Waals surface area contributed by atoms with E-state index < -0.39 is 5.97 Å². The maximum atomic E-state index is 10.0. The highest BCUT2D eigenvalue weighted by atomic mass is 35.5. The number of carboxylic acid groups (broad SMARTS) is 1. The van der Waals surface area contributed by atoms with Crippen LogP contribution in [-0.4, -0.2) is 35.6 Å². The molecule has 1 N–H and O–H groups in total. The fourth-order valence-corrected chi connectivity index (χ4v) is 0.859. The molecule has 0 spiro atoms. The molecule has 60 valence electrons. The van der Waals surface area contributed by atoms with Crippen LogP contribution >= 0.6 is 12.4 Å². The van der Waals surface area contributed by atoms with Gasteiger partial charge in [-0.2, -0.15) is 0 Å². The van der Waals surface area contributed by atoms with Gasteiger partial charge >= 0.3 is 5.97 Å². The van der Waals surface area contributed by atoms with Crippen LogP contribution in [0.1, 0.15) is 12.8 Å². The van der Waals surface area contributed by atoms with Crippen molar-refractivity contribution in [2.75, 3.05) is 19.6 Å². The third kappa shape index (κ3) is 3.03. The van der Waals surface area contributed by atoms with Crippen molar-refractivity contribution in [3.05, 3.63) is 0 Å². The predicted molar refractivity (Wildman–Crippen MR) is 40.6 cm³/mol. The van der Waals surface area contributed by atoms with E-state index in [-0.39, 0.29) is 12.4 Å². The minimum atomic E-state index is -0.693. The molecule has 1 fully saturated rings. The molecule has 0 saturated carbocycles. The second kappa shape index (κ2) is 4.52. The van der Waals surface area contributed by atoms with Gasteiger partial charge in [0.1, 0.15) is 0 Å². The lowest BCUT2D eigenvalue weighted by atomic mass is 10.2. The van der Waals surface area contributed by atoms with E-state index in [9.17, 15) is 4.79 Å². The van der Waals surface area contributed by atoms with Crippen LogP contribution in [0.5, 0.6) is 0 Å². The molecule has 1 aliphatic rings. The average Bonchev–Trinajstić information content (AvgIpc) is 1.60.